The molecule has 2 aromatic rings. The van der Waals surface area contributed by atoms with Crippen LogP contribution in [0.1, 0.15) is 35.2 Å². The molecule has 0 aromatic heterocycles. The molecule has 0 aliphatic carbocycles. The highest BCUT2D eigenvalue weighted by molar-refractivity contribution is 7.89. The van der Waals surface area contributed by atoms with Gasteiger partial charge in [-0.05, 0) is 55.2 Å². The predicted molar refractivity (Wildman–Crippen MR) is 117 cm³/mol. The van der Waals surface area contributed by atoms with Crippen LogP contribution in [0, 0.1) is 5.82 Å². The van der Waals surface area contributed by atoms with Crippen LogP contribution in [0.4, 0.5) is 4.39 Å². The van der Waals surface area contributed by atoms with Crippen LogP contribution in [-0.2, 0) is 26.0 Å². The molecule has 0 saturated carbocycles. The summed E-state index contributed by atoms with van der Waals surface area (Å²) in [5.74, 6) is -1.75. The van der Waals surface area contributed by atoms with E-state index < -0.39 is 28.5 Å². The summed E-state index contributed by atoms with van der Waals surface area (Å²) in [7, 11) is -3.74. The molecule has 0 bridgehead atoms. The first-order chi connectivity index (χ1) is 15.3. The lowest BCUT2D eigenvalue weighted by Gasteiger charge is -2.26. The van der Waals surface area contributed by atoms with E-state index in [1.165, 1.54) is 34.6 Å². The molecule has 10 heteroatoms. The molecule has 1 saturated heterocycles. The number of nitrogens with zero attached hydrogens (tertiary/aromatic N) is 1. The summed E-state index contributed by atoms with van der Waals surface area (Å²) in [4.78, 5) is 24.3. The molecular weight excluding hydrogens is 459 g/mol. The Labute approximate surface area is 191 Å². The molecule has 0 radical (unpaired) electrons. The molecule has 0 unspecified atom stereocenters. The molecule has 1 amide bonds. The van der Waals surface area contributed by atoms with Crippen molar-refractivity contribution in [3.05, 3.63) is 64.4 Å². The normalized spacial score (nSPS) is 14.7. The summed E-state index contributed by atoms with van der Waals surface area (Å²) in [6, 6.07) is 9.78. The number of carbonyl (C=O) groups excluding carboxylic acids is 2. The van der Waals surface area contributed by atoms with Gasteiger partial charge < -0.3 is 10.1 Å². The minimum atomic E-state index is -3.74. The van der Waals surface area contributed by atoms with Gasteiger partial charge in [0, 0.05) is 19.6 Å². The SMILES string of the molecule is O=C(COC(=O)c1cc(S(=O)(=O)N2CCCCC2)ccc1Cl)NCCc1ccc(F)cc1. The fourth-order valence-electron chi connectivity index (χ4n) is 3.33. The second-order valence-electron chi connectivity index (χ2n) is 7.41. The summed E-state index contributed by atoms with van der Waals surface area (Å²) in [6.45, 7) is 0.611. The van der Waals surface area contributed by atoms with Crippen molar-refractivity contribution in [2.45, 2.75) is 30.6 Å². The zero-order valence-electron chi connectivity index (χ0n) is 17.4. The van der Waals surface area contributed by atoms with Gasteiger partial charge in [-0.25, -0.2) is 17.6 Å². The molecule has 0 spiro atoms. The van der Waals surface area contributed by atoms with Crippen LogP contribution in [0.5, 0.6) is 0 Å². The molecule has 32 heavy (non-hydrogen) atoms. The Kier molecular flexibility index (Phi) is 8.22. The average Bonchev–Trinajstić information content (AvgIpc) is 2.79. The number of esters is 1. The van der Waals surface area contributed by atoms with E-state index in [0.29, 0.717) is 19.5 Å². The molecule has 1 N–H and O–H groups in total. The van der Waals surface area contributed by atoms with E-state index in [1.807, 2.05) is 0 Å². The van der Waals surface area contributed by atoms with Crippen LogP contribution in [-0.4, -0.2) is 50.8 Å². The van der Waals surface area contributed by atoms with E-state index in [9.17, 15) is 22.4 Å². The highest BCUT2D eigenvalue weighted by Crippen LogP contribution is 2.25. The number of amides is 1. The molecule has 172 valence electrons. The number of sulfonamides is 1. The Balaban J connectivity index is 1.55. The number of benzene rings is 2. The Morgan fingerprint density at radius 2 is 1.75 bits per heavy atom. The van der Waals surface area contributed by atoms with E-state index in [-0.39, 0.29) is 27.8 Å². The number of hydrogen-bond acceptors (Lipinski definition) is 5. The third-order valence-corrected chi connectivity index (χ3v) is 7.32. The van der Waals surface area contributed by atoms with Crippen LogP contribution in [0.3, 0.4) is 0 Å². The fourth-order valence-corrected chi connectivity index (χ4v) is 5.07. The van der Waals surface area contributed by atoms with Gasteiger partial charge in [0.05, 0.1) is 15.5 Å². The fraction of sp³-hybridized carbons (Fsp3) is 0.364. The van der Waals surface area contributed by atoms with Crippen LogP contribution in [0.2, 0.25) is 5.02 Å². The first kappa shape index (κ1) is 24.2. The van der Waals surface area contributed by atoms with Gasteiger partial charge in [0.15, 0.2) is 6.61 Å². The maximum Gasteiger partial charge on any atom is 0.340 e. The Hall–Kier alpha value is -2.49. The lowest BCUT2D eigenvalue weighted by atomic mass is 10.1. The zero-order chi connectivity index (χ0) is 23.1. The lowest BCUT2D eigenvalue weighted by Crippen LogP contribution is -2.35. The minimum Gasteiger partial charge on any atom is -0.452 e. The second-order valence-corrected chi connectivity index (χ2v) is 9.75. The topological polar surface area (TPSA) is 92.8 Å². The van der Waals surface area contributed by atoms with Crippen molar-refractivity contribution in [3.8, 4) is 0 Å². The van der Waals surface area contributed by atoms with Crippen LogP contribution >= 0.6 is 11.6 Å². The lowest BCUT2D eigenvalue weighted by molar-refractivity contribution is -0.124. The van der Waals surface area contributed by atoms with Crippen molar-refractivity contribution in [1.82, 2.24) is 9.62 Å². The highest BCUT2D eigenvalue weighted by Gasteiger charge is 2.27. The van der Waals surface area contributed by atoms with Gasteiger partial charge in [-0.1, -0.05) is 30.2 Å². The number of piperidine rings is 1. The van der Waals surface area contributed by atoms with Crippen molar-refractivity contribution < 1.29 is 27.1 Å². The van der Waals surface area contributed by atoms with Gasteiger partial charge in [0.25, 0.3) is 5.91 Å². The van der Waals surface area contributed by atoms with Crippen LogP contribution < -0.4 is 5.32 Å². The van der Waals surface area contributed by atoms with Gasteiger partial charge in [0.1, 0.15) is 5.82 Å². The smallest absolute Gasteiger partial charge is 0.340 e. The van der Waals surface area contributed by atoms with Crippen LogP contribution in [0.25, 0.3) is 0 Å². The van der Waals surface area contributed by atoms with E-state index in [1.54, 1.807) is 12.1 Å². The number of rotatable bonds is 8. The molecular formula is C22H24ClFN2O5S. The summed E-state index contributed by atoms with van der Waals surface area (Å²) in [5.41, 5.74) is 0.728. The molecule has 1 aliphatic heterocycles. The van der Waals surface area contributed by atoms with Gasteiger partial charge in [-0.3, -0.25) is 4.79 Å². The van der Waals surface area contributed by atoms with Crippen molar-refractivity contribution >= 4 is 33.5 Å². The number of halogens is 2. The third kappa shape index (κ3) is 6.27. The second kappa shape index (κ2) is 10.9. The van der Waals surface area contributed by atoms with Gasteiger partial charge in [-0.15, -0.1) is 0 Å². The standard InChI is InChI=1S/C22H24ClFN2O5S/c23-20-9-8-18(32(29,30)26-12-2-1-3-13-26)14-19(20)22(28)31-15-21(27)25-11-10-16-4-6-17(24)7-5-16/h4-9,14H,1-3,10-13,15H2,(H,25,27). The maximum atomic E-state index is 12.9. The monoisotopic (exact) mass is 482 g/mol. The summed E-state index contributed by atoms with van der Waals surface area (Å²) >= 11 is 6.07. The van der Waals surface area contributed by atoms with Crippen molar-refractivity contribution in [2.75, 3.05) is 26.2 Å². The van der Waals surface area contributed by atoms with E-state index in [0.717, 1.165) is 24.8 Å². The number of ether oxygens (including phenoxy) is 1. The molecule has 1 aliphatic rings. The number of nitrogens with one attached hydrogen (secondary N) is 1. The van der Waals surface area contributed by atoms with Crippen molar-refractivity contribution in [3.63, 3.8) is 0 Å². The van der Waals surface area contributed by atoms with E-state index >= 15 is 0 Å². The van der Waals surface area contributed by atoms with E-state index in [2.05, 4.69) is 5.32 Å². The Morgan fingerprint density at radius 3 is 2.44 bits per heavy atom. The summed E-state index contributed by atoms with van der Waals surface area (Å²) in [6.07, 6.45) is 3.05. The maximum absolute atomic E-state index is 12.9. The highest BCUT2D eigenvalue weighted by atomic mass is 35.5. The van der Waals surface area contributed by atoms with Gasteiger partial charge >= 0.3 is 5.97 Å². The minimum absolute atomic E-state index is 0.0318. The third-order valence-electron chi connectivity index (χ3n) is 5.09. The quantitative estimate of drug-likeness (QED) is 0.583. The largest absolute Gasteiger partial charge is 0.452 e. The van der Waals surface area contributed by atoms with Crippen LogP contribution in [0.15, 0.2) is 47.4 Å². The Bertz CT molecular complexity index is 1070. The average molecular weight is 483 g/mol. The molecule has 0 atom stereocenters. The van der Waals surface area contributed by atoms with Crippen molar-refractivity contribution in [2.24, 2.45) is 0 Å². The summed E-state index contributed by atoms with van der Waals surface area (Å²) < 4.78 is 45.0. The molecule has 2 aromatic carbocycles. The number of hydrogen-bond donors (Lipinski definition) is 1. The number of carbonyl (C=O) groups is 2. The summed E-state index contributed by atoms with van der Waals surface area (Å²) in [5, 5.41) is 2.63. The molecule has 1 heterocycles. The van der Waals surface area contributed by atoms with Gasteiger partial charge in [-0.2, -0.15) is 4.31 Å². The first-order valence-corrected chi connectivity index (χ1v) is 12.1. The molecule has 7 nitrogen and oxygen atoms in total. The zero-order valence-corrected chi connectivity index (χ0v) is 18.9. The molecule has 1 fully saturated rings. The van der Waals surface area contributed by atoms with Gasteiger partial charge in [0.2, 0.25) is 10.0 Å². The first-order valence-electron chi connectivity index (χ1n) is 10.3. The predicted octanol–water partition coefficient (Wildman–Crippen LogP) is 3.17. The Morgan fingerprint density at radius 1 is 1.06 bits per heavy atom. The molecule has 3 rings (SSSR count). The van der Waals surface area contributed by atoms with Crippen molar-refractivity contribution in [1.29, 1.82) is 0 Å². The van der Waals surface area contributed by atoms with E-state index in [4.69, 9.17) is 16.3 Å².